The highest BCUT2D eigenvalue weighted by atomic mass is 16.2. The van der Waals surface area contributed by atoms with Gasteiger partial charge in [-0.1, -0.05) is 18.6 Å². The maximum atomic E-state index is 13.1. The first-order chi connectivity index (χ1) is 16.1. The molecule has 2 saturated heterocycles. The summed E-state index contributed by atoms with van der Waals surface area (Å²) in [6.07, 6.45) is 5.42. The Hall–Kier alpha value is -3.35. The van der Waals surface area contributed by atoms with E-state index in [1.807, 2.05) is 40.1 Å². The zero-order chi connectivity index (χ0) is 22.4. The SMILES string of the molecule is O=C(c1ccc(N2CCC3(CCC3)C2)cc1)N1CCN(c2nc3ccccc3c(=O)[nH]2)CC1. The lowest BCUT2D eigenvalue weighted by atomic mass is 9.68. The van der Waals surface area contributed by atoms with Gasteiger partial charge < -0.3 is 14.7 Å². The van der Waals surface area contributed by atoms with Gasteiger partial charge in [-0.3, -0.25) is 14.6 Å². The number of piperazine rings is 1. The van der Waals surface area contributed by atoms with Crippen molar-refractivity contribution in [3.05, 3.63) is 64.4 Å². The van der Waals surface area contributed by atoms with Gasteiger partial charge >= 0.3 is 0 Å². The number of amides is 1. The molecule has 7 heteroatoms. The second-order valence-electron chi connectivity index (χ2n) is 9.76. The number of para-hydroxylation sites is 1. The highest BCUT2D eigenvalue weighted by Crippen LogP contribution is 2.48. The first kappa shape index (κ1) is 20.3. The van der Waals surface area contributed by atoms with Gasteiger partial charge in [0.05, 0.1) is 10.9 Å². The summed E-state index contributed by atoms with van der Waals surface area (Å²) in [5.74, 6) is 0.642. The molecule has 0 radical (unpaired) electrons. The topological polar surface area (TPSA) is 72.5 Å². The van der Waals surface area contributed by atoms with Crippen molar-refractivity contribution in [1.82, 2.24) is 14.9 Å². The second kappa shape index (κ2) is 7.90. The van der Waals surface area contributed by atoms with Gasteiger partial charge in [0.15, 0.2) is 0 Å². The molecule has 170 valence electrons. The van der Waals surface area contributed by atoms with Gasteiger partial charge in [-0.05, 0) is 61.1 Å². The molecule has 3 fully saturated rings. The largest absolute Gasteiger partial charge is 0.371 e. The summed E-state index contributed by atoms with van der Waals surface area (Å²) >= 11 is 0. The number of aromatic nitrogens is 2. The van der Waals surface area contributed by atoms with Crippen molar-refractivity contribution in [3.63, 3.8) is 0 Å². The minimum absolute atomic E-state index is 0.0676. The maximum Gasteiger partial charge on any atom is 0.260 e. The van der Waals surface area contributed by atoms with E-state index in [9.17, 15) is 9.59 Å². The quantitative estimate of drug-likeness (QED) is 0.673. The summed E-state index contributed by atoms with van der Waals surface area (Å²) in [4.78, 5) is 39.4. The zero-order valence-corrected chi connectivity index (χ0v) is 18.8. The third-order valence-corrected chi connectivity index (χ3v) is 7.80. The molecule has 33 heavy (non-hydrogen) atoms. The van der Waals surface area contributed by atoms with Crippen molar-refractivity contribution in [2.24, 2.45) is 5.41 Å². The van der Waals surface area contributed by atoms with Crippen LogP contribution in [0.3, 0.4) is 0 Å². The summed E-state index contributed by atoms with van der Waals surface area (Å²) in [7, 11) is 0. The Morgan fingerprint density at radius 2 is 1.64 bits per heavy atom. The van der Waals surface area contributed by atoms with E-state index in [1.165, 1.54) is 31.4 Å². The predicted octanol–water partition coefficient (Wildman–Crippen LogP) is 3.27. The standard InChI is InChI=1S/C26H29N5O2/c32-23-21-4-1-2-5-22(21)27-25(28-23)30-16-14-29(15-17-30)24(33)19-6-8-20(9-7-19)31-13-12-26(18-31)10-3-11-26/h1-2,4-9H,3,10-18H2,(H,27,28,32). The molecule has 3 heterocycles. The molecule has 3 aliphatic rings. The summed E-state index contributed by atoms with van der Waals surface area (Å²) in [6, 6.07) is 15.5. The van der Waals surface area contributed by atoms with Crippen LogP contribution in [-0.2, 0) is 0 Å². The number of rotatable bonds is 3. The fourth-order valence-electron chi connectivity index (χ4n) is 5.58. The number of carbonyl (C=O) groups excluding carboxylic acids is 1. The molecular weight excluding hydrogens is 414 g/mol. The highest BCUT2D eigenvalue weighted by molar-refractivity contribution is 5.94. The second-order valence-corrected chi connectivity index (χ2v) is 9.76. The lowest BCUT2D eigenvalue weighted by Gasteiger charge is -2.38. The molecule has 1 aromatic heterocycles. The fourth-order valence-corrected chi connectivity index (χ4v) is 5.58. The first-order valence-electron chi connectivity index (χ1n) is 12.0. The van der Waals surface area contributed by atoms with Crippen molar-refractivity contribution < 1.29 is 4.79 Å². The van der Waals surface area contributed by atoms with Gasteiger partial charge in [-0.2, -0.15) is 0 Å². The summed E-state index contributed by atoms with van der Waals surface area (Å²) in [6.45, 7) is 4.77. The number of H-pyrrole nitrogens is 1. The van der Waals surface area contributed by atoms with E-state index in [0.717, 1.165) is 18.7 Å². The number of nitrogens with zero attached hydrogens (tertiary/aromatic N) is 4. The zero-order valence-electron chi connectivity index (χ0n) is 18.8. The van der Waals surface area contributed by atoms with Gasteiger partial charge in [0.1, 0.15) is 0 Å². The molecule has 1 aliphatic carbocycles. The Balaban J connectivity index is 1.10. The number of carbonyl (C=O) groups is 1. The Bertz CT molecular complexity index is 1240. The molecule has 7 nitrogen and oxygen atoms in total. The monoisotopic (exact) mass is 443 g/mol. The van der Waals surface area contributed by atoms with Gasteiger partial charge in [-0.15, -0.1) is 0 Å². The van der Waals surface area contributed by atoms with E-state index in [2.05, 4.69) is 27.0 Å². The molecule has 0 atom stereocenters. The Labute approximate surface area is 193 Å². The number of fused-ring (bicyclic) bond motifs is 1. The third kappa shape index (κ3) is 3.65. The van der Waals surface area contributed by atoms with Crippen LogP contribution >= 0.6 is 0 Å². The van der Waals surface area contributed by atoms with E-state index in [-0.39, 0.29) is 11.5 Å². The Kier molecular flexibility index (Phi) is 4.85. The smallest absolute Gasteiger partial charge is 0.260 e. The molecule has 2 aromatic carbocycles. The first-order valence-corrected chi connectivity index (χ1v) is 12.0. The van der Waals surface area contributed by atoms with Crippen molar-refractivity contribution >= 4 is 28.4 Å². The molecule has 0 unspecified atom stereocenters. The molecule has 2 aliphatic heterocycles. The van der Waals surface area contributed by atoms with E-state index in [1.54, 1.807) is 6.07 Å². The number of nitrogens with one attached hydrogen (secondary N) is 1. The molecule has 1 N–H and O–H groups in total. The van der Waals surface area contributed by atoms with Crippen LogP contribution in [0, 0.1) is 5.41 Å². The van der Waals surface area contributed by atoms with E-state index in [4.69, 9.17) is 0 Å². The molecule has 6 rings (SSSR count). The summed E-state index contributed by atoms with van der Waals surface area (Å²) < 4.78 is 0. The minimum Gasteiger partial charge on any atom is -0.371 e. The average Bonchev–Trinajstić information content (AvgIpc) is 3.31. The maximum absolute atomic E-state index is 13.1. The van der Waals surface area contributed by atoms with Crippen LogP contribution in [0.5, 0.6) is 0 Å². The van der Waals surface area contributed by atoms with E-state index in [0.29, 0.717) is 48.4 Å². The predicted molar refractivity (Wildman–Crippen MR) is 130 cm³/mol. The van der Waals surface area contributed by atoms with E-state index >= 15 is 0 Å². The molecule has 1 spiro atoms. The van der Waals surface area contributed by atoms with Crippen LogP contribution < -0.4 is 15.4 Å². The van der Waals surface area contributed by atoms with Crippen LogP contribution in [0.25, 0.3) is 10.9 Å². The number of hydrogen-bond acceptors (Lipinski definition) is 5. The minimum atomic E-state index is -0.129. The highest BCUT2D eigenvalue weighted by Gasteiger charge is 2.42. The number of benzene rings is 2. The number of aromatic amines is 1. The van der Waals surface area contributed by atoms with Crippen LogP contribution in [0.4, 0.5) is 11.6 Å². The molecule has 1 saturated carbocycles. The van der Waals surface area contributed by atoms with Gasteiger partial charge in [0.25, 0.3) is 11.5 Å². The Morgan fingerprint density at radius 1 is 0.879 bits per heavy atom. The van der Waals surface area contributed by atoms with Crippen LogP contribution in [-0.4, -0.2) is 60.0 Å². The lowest BCUT2D eigenvalue weighted by molar-refractivity contribution is 0.0746. The number of hydrogen-bond donors (Lipinski definition) is 1. The number of anilines is 2. The van der Waals surface area contributed by atoms with Crippen molar-refractivity contribution in [2.45, 2.75) is 25.7 Å². The van der Waals surface area contributed by atoms with Gasteiger partial charge in [0, 0.05) is 50.5 Å². The summed E-state index contributed by atoms with van der Waals surface area (Å²) in [5, 5.41) is 0.593. The molecule has 1 amide bonds. The van der Waals surface area contributed by atoms with Crippen molar-refractivity contribution in [2.75, 3.05) is 49.1 Å². The van der Waals surface area contributed by atoms with Crippen molar-refractivity contribution in [3.8, 4) is 0 Å². The molecular formula is C26H29N5O2. The van der Waals surface area contributed by atoms with Gasteiger partial charge in [-0.25, -0.2) is 4.98 Å². The summed E-state index contributed by atoms with van der Waals surface area (Å²) in [5.41, 5.74) is 3.10. The average molecular weight is 444 g/mol. The lowest BCUT2D eigenvalue weighted by Crippen LogP contribution is -2.49. The third-order valence-electron chi connectivity index (χ3n) is 7.80. The molecule has 3 aromatic rings. The fraction of sp³-hybridized carbons (Fsp3) is 0.423. The van der Waals surface area contributed by atoms with E-state index < -0.39 is 0 Å². The Morgan fingerprint density at radius 3 is 2.33 bits per heavy atom. The van der Waals surface area contributed by atoms with Crippen LogP contribution in [0.15, 0.2) is 53.3 Å². The van der Waals surface area contributed by atoms with Crippen LogP contribution in [0.1, 0.15) is 36.0 Å². The van der Waals surface area contributed by atoms with Crippen LogP contribution in [0.2, 0.25) is 0 Å². The normalized spacial score (nSPS) is 19.8. The van der Waals surface area contributed by atoms with Crippen molar-refractivity contribution in [1.29, 1.82) is 0 Å². The van der Waals surface area contributed by atoms with Gasteiger partial charge in [0.2, 0.25) is 5.95 Å². The molecule has 0 bridgehead atoms.